The molecule has 34 heavy (non-hydrogen) atoms. The van der Waals surface area contributed by atoms with Crippen molar-refractivity contribution in [3.63, 3.8) is 0 Å². The van der Waals surface area contributed by atoms with Crippen molar-refractivity contribution in [1.82, 2.24) is 24.3 Å². The van der Waals surface area contributed by atoms with Gasteiger partial charge in [-0.15, -0.1) is 0 Å². The number of hydrogen-bond donors (Lipinski definition) is 4. The Kier molecular flexibility index (Phi) is 6.33. The van der Waals surface area contributed by atoms with E-state index in [0.29, 0.717) is 5.56 Å². The highest BCUT2D eigenvalue weighted by atomic mass is 16.7. The summed E-state index contributed by atoms with van der Waals surface area (Å²) in [4.78, 5) is 32.4. The fourth-order valence-electron chi connectivity index (χ4n) is 3.52. The van der Waals surface area contributed by atoms with E-state index in [9.17, 15) is 30.0 Å². The van der Waals surface area contributed by atoms with Crippen LogP contribution < -0.4 is 20.7 Å². The van der Waals surface area contributed by atoms with Crippen LogP contribution in [0.4, 0.5) is 0 Å². The SMILES string of the molecule is COc1cc(-c2nc3c(=O)n(C)c(=O)nc-3n(C)n2)ccc1O[C@@H]1O[C@H](CO)[C@@H](O)[C@H](O)[C@H]1O. The number of rotatable bonds is 5. The van der Waals surface area contributed by atoms with Crippen LogP contribution in [0.3, 0.4) is 0 Å². The first kappa shape index (κ1) is 23.7. The van der Waals surface area contributed by atoms with Crippen LogP contribution in [-0.4, -0.2) is 89.2 Å². The van der Waals surface area contributed by atoms with Crippen LogP contribution in [-0.2, 0) is 18.8 Å². The van der Waals surface area contributed by atoms with Gasteiger partial charge in [-0.25, -0.2) is 14.5 Å². The molecule has 0 aromatic heterocycles. The summed E-state index contributed by atoms with van der Waals surface area (Å²) in [6, 6.07) is 4.55. The first-order chi connectivity index (χ1) is 16.2. The van der Waals surface area contributed by atoms with Gasteiger partial charge in [0.25, 0.3) is 5.56 Å². The van der Waals surface area contributed by atoms with Crippen LogP contribution in [0.15, 0.2) is 27.8 Å². The van der Waals surface area contributed by atoms with Gasteiger partial charge in [0.2, 0.25) is 6.29 Å². The summed E-state index contributed by atoms with van der Waals surface area (Å²) in [5.41, 5.74) is -0.955. The third-order valence-electron chi connectivity index (χ3n) is 5.49. The number of ether oxygens (including phenoxy) is 3. The smallest absolute Gasteiger partial charge is 0.352 e. The summed E-state index contributed by atoms with van der Waals surface area (Å²) in [5, 5.41) is 43.7. The van der Waals surface area contributed by atoms with Crippen molar-refractivity contribution in [2.75, 3.05) is 13.7 Å². The third kappa shape index (κ3) is 4.01. The molecule has 182 valence electrons. The van der Waals surface area contributed by atoms with E-state index in [2.05, 4.69) is 15.1 Å². The van der Waals surface area contributed by atoms with Crippen molar-refractivity contribution < 1.29 is 34.6 Å². The molecule has 1 aromatic rings. The van der Waals surface area contributed by atoms with E-state index in [1.807, 2.05) is 0 Å². The Labute approximate surface area is 191 Å². The summed E-state index contributed by atoms with van der Waals surface area (Å²) >= 11 is 0. The molecule has 1 saturated heterocycles. The van der Waals surface area contributed by atoms with E-state index in [4.69, 9.17) is 14.2 Å². The lowest BCUT2D eigenvalue weighted by molar-refractivity contribution is -0.277. The molecule has 4 N–H and O–H groups in total. The zero-order chi connectivity index (χ0) is 24.7. The Bertz CT molecular complexity index is 1290. The molecule has 1 aromatic carbocycles. The summed E-state index contributed by atoms with van der Waals surface area (Å²) in [7, 11) is 4.19. The number of aliphatic hydroxyl groups excluding tert-OH is 4. The number of aliphatic hydroxyl groups is 4. The summed E-state index contributed by atoms with van der Waals surface area (Å²) < 4.78 is 18.5. The second-order valence-corrected chi connectivity index (χ2v) is 7.67. The van der Waals surface area contributed by atoms with Crippen LogP contribution in [0.2, 0.25) is 0 Å². The van der Waals surface area contributed by atoms with E-state index < -0.39 is 48.6 Å². The van der Waals surface area contributed by atoms with Gasteiger partial charge in [0.15, 0.2) is 28.8 Å². The van der Waals surface area contributed by atoms with Crippen LogP contribution in [0.25, 0.3) is 22.9 Å². The molecule has 0 aliphatic carbocycles. The fraction of sp³-hybridized carbons (Fsp3) is 0.450. The molecular weight excluding hydrogens is 454 g/mol. The van der Waals surface area contributed by atoms with Crippen LogP contribution >= 0.6 is 0 Å². The zero-order valence-electron chi connectivity index (χ0n) is 18.4. The standard InChI is InChI=1S/C20H23N5O9/c1-24-18(30)12-17(22-20(24)31)25(2)23-16(21-12)8-4-5-9(10(6-8)32-3)33-19-15(29)14(28)13(27)11(7-26)34-19/h4-6,11,13-15,19,26-29H,7H2,1-3H3/t11-,13-,14+,15-,19-/m1/s1. The molecule has 14 nitrogen and oxygen atoms in total. The van der Waals surface area contributed by atoms with Crippen molar-refractivity contribution in [2.24, 2.45) is 14.1 Å². The zero-order valence-corrected chi connectivity index (χ0v) is 18.4. The molecule has 14 heteroatoms. The number of benzene rings is 1. The molecule has 4 rings (SSSR count). The molecule has 5 atom stereocenters. The average Bonchev–Trinajstić information content (AvgIpc) is 2.83. The first-order valence-corrected chi connectivity index (χ1v) is 10.1. The highest BCUT2D eigenvalue weighted by Crippen LogP contribution is 2.34. The largest absolute Gasteiger partial charge is 0.493 e. The monoisotopic (exact) mass is 477 g/mol. The molecule has 1 fully saturated rings. The Morgan fingerprint density at radius 3 is 2.47 bits per heavy atom. The van der Waals surface area contributed by atoms with Gasteiger partial charge in [-0.2, -0.15) is 10.1 Å². The summed E-state index contributed by atoms with van der Waals surface area (Å²) in [5.74, 6) is 0.479. The van der Waals surface area contributed by atoms with Gasteiger partial charge in [0, 0.05) is 19.7 Å². The maximum absolute atomic E-state index is 12.5. The Balaban J connectivity index is 1.70. The lowest BCUT2D eigenvalue weighted by Crippen LogP contribution is -2.60. The molecule has 3 aliphatic heterocycles. The molecule has 3 aliphatic rings. The summed E-state index contributed by atoms with van der Waals surface area (Å²) in [6.07, 6.45) is -7.25. The lowest BCUT2D eigenvalue weighted by Gasteiger charge is -2.39. The molecule has 0 radical (unpaired) electrons. The fourth-order valence-corrected chi connectivity index (χ4v) is 3.52. The topological polar surface area (TPSA) is 191 Å². The third-order valence-corrected chi connectivity index (χ3v) is 5.49. The highest BCUT2D eigenvalue weighted by Gasteiger charge is 2.45. The molecule has 0 spiro atoms. The molecule has 3 heterocycles. The van der Waals surface area contributed by atoms with E-state index >= 15 is 0 Å². The van der Waals surface area contributed by atoms with Gasteiger partial charge < -0.3 is 34.6 Å². The van der Waals surface area contributed by atoms with E-state index in [1.54, 1.807) is 6.07 Å². The maximum Gasteiger partial charge on any atom is 0.352 e. The highest BCUT2D eigenvalue weighted by molar-refractivity contribution is 5.63. The number of methoxy groups -OCH3 is 1. The van der Waals surface area contributed by atoms with Gasteiger partial charge >= 0.3 is 5.69 Å². The molecule has 0 amide bonds. The summed E-state index contributed by atoms with van der Waals surface area (Å²) in [6.45, 7) is -0.598. The van der Waals surface area contributed by atoms with Crippen molar-refractivity contribution in [1.29, 1.82) is 0 Å². The molecular formula is C20H23N5O9. The second-order valence-electron chi connectivity index (χ2n) is 7.67. The van der Waals surface area contributed by atoms with E-state index in [1.165, 1.54) is 38.0 Å². The quantitative estimate of drug-likeness (QED) is 0.296. The van der Waals surface area contributed by atoms with Crippen LogP contribution in [0.1, 0.15) is 0 Å². The predicted molar refractivity (Wildman–Crippen MR) is 113 cm³/mol. The van der Waals surface area contributed by atoms with Gasteiger partial charge in [-0.3, -0.25) is 9.36 Å². The van der Waals surface area contributed by atoms with E-state index in [-0.39, 0.29) is 28.8 Å². The Morgan fingerprint density at radius 1 is 1.06 bits per heavy atom. The Hall–Kier alpha value is -3.43. The minimum absolute atomic E-state index is 0.0337. The van der Waals surface area contributed by atoms with Crippen molar-refractivity contribution in [3.8, 4) is 34.4 Å². The van der Waals surface area contributed by atoms with Crippen LogP contribution in [0.5, 0.6) is 11.5 Å². The minimum Gasteiger partial charge on any atom is -0.493 e. The van der Waals surface area contributed by atoms with Crippen molar-refractivity contribution in [2.45, 2.75) is 30.7 Å². The van der Waals surface area contributed by atoms with Gasteiger partial charge in [0.1, 0.15) is 24.4 Å². The second kappa shape index (κ2) is 9.08. The molecule has 0 unspecified atom stereocenters. The normalized spacial score (nSPS) is 24.9. The van der Waals surface area contributed by atoms with Gasteiger partial charge in [0.05, 0.1) is 13.7 Å². The van der Waals surface area contributed by atoms with Crippen LogP contribution in [0, 0.1) is 0 Å². The van der Waals surface area contributed by atoms with E-state index in [0.717, 1.165) is 4.57 Å². The number of nitrogens with zero attached hydrogens (tertiary/aromatic N) is 5. The molecule has 0 bridgehead atoms. The number of fused-ring (bicyclic) bond motifs is 1. The van der Waals surface area contributed by atoms with Crippen molar-refractivity contribution in [3.05, 3.63) is 39.0 Å². The van der Waals surface area contributed by atoms with Crippen molar-refractivity contribution >= 4 is 0 Å². The lowest BCUT2D eigenvalue weighted by atomic mass is 9.99. The number of aryl methyl sites for hydroxylation is 1. The first-order valence-electron chi connectivity index (χ1n) is 10.1. The Morgan fingerprint density at radius 2 is 1.79 bits per heavy atom. The molecule has 0 saturated carbocycles. The predicted octanol–water partition coefficient (Wildman–Crippen LogP) is -2.77. The number of hydrogen-bond acceptors (Lipinski definition) is 12. The maximum atomic E-state index is 12.5. The van der Waals surface area contributed by atoms with Gasteiger partial charge in [-0.05, 0) is 18.2 Å². The van der Waals surface area contributed by atoms with Gasteiger partial charge in [-0.1, -0.05) is 0 Å². The minimum atomic E-state index is -1.60. The average molecular weight is 477 g/mol. The number of aromatic nitrogens is 5.